The Morgan fingerprint density at radius 1 is 0.917 bits per heavy atom. The number of anilines is 1. The van der Waals surface area contributed by atoms with Crippen molar-refractivity contribution in [2.75, 3.05) is 12.1 Å². The maximum Gasteiger partial charge on any atom is 0.418 e. The molecular formula is C25H20F4N5OP. The average molecular weight is 513 g/mol. The van der Waals surface area contributed by atoms with Crippen molar-refractivity contribution in [2.24, 2.45) is 4.99 Å². The summed E-state index contributed by atoms with van der Waals surface area (Å²) in [4.78, 5) is 4.72. The van der Waals surface area contributed by atoms with Gasteiger partial charge in [-0.15, -0.1) is 0 Å². The number of para-hydroxylation sites is 2. The van der Waals surface area contributed by atoms with Crippen LogP contribution in [0.25, 0.3) is 5.69 Å². The van der Waals surface area contributed by atoms with E-state index < -0.39 is 25.0 Å². The van der Waals surface area contributed by atoms with Gasteiger partial charge in [-0.1, -0.05) is 30.3 Å². The summed E-state index contributed by atoms with van der Waals surface area (Å²) in [7, 11) is -2.53. The lowest BCUT2D eigenvalue weighted by Gasteiger charge is -2.35. The van der Waals surface area contributed by atoms with Gasteiger partial charge in [0.15, 0.2) is 5.82 Å². The molecule has 5 rings (SSSR count). The van der Waals surface area contributed by atoms with Gasteiger partial charge < -0.3 is 5.09 Å². The minimum absolute atomic E-state index is 0.191. The monoisotopic (exact) mass is 513 g/mol. The standard InChI is InChI=1S/C25H20F4N5OP/c1-16-22-24(34(31-16)19-8-4-3-5-9-19)30-23(17-12-14-18(26)15-13-17)33(2)36(22,35)32-21-11-7-6-10-20(21)25(27,28)29/h3-15H,1-2H3,(H,32,35). The van der Waals surface area contributed by atoms with Crippen LogP contribution in [0, 0.1) is 12.7 Å². The van der Waals surface area contributed by atoms with E-state index >= 15 is 0 Å². The maximum atomic E-state index is 14.8. The van der Waals surface area contributed by atoms with E-state index in [0.717, 1.165) is 6.07 Å². The first kappa shape index (κ1) is 23.8. The number of hydrogen-bond donors (Lipinski definition) is 1. The maximum absolute atomic E-state index is 14.8. The van der Waals surface area contributed by atoms with Crippen LogP contribution in [-0.2, 0) is 10.7 Å². The molecule has 6 nitrogen and oxygen atoms in total. The van der Waals surface area contributed by atoms with Gasteiger partial charge >= 0.3 is 6.18 Å². The molecule has 0 amide bonds. The minimum atomic E-state index is -4.67. The molecule has 3 aromatic carbocycles. The molecule has 4 aromatic rings. The zero-order chi connectivity index (χ0) is 25.7. The van der Waals surface area contributed by atoms with Crippen molar-refractivity contribution in [3.8, 4) is 5.69 Å². The van der Waals surface area contributed by atoms with Crippen LogP contribution in [0.3, 0.4) is 0 Å². The summed E-state index contributed by atoms with van der Waals surface area (Å²) in [6.07, 6.45) is -4.67. The molecule has 1 aromatic heterocycles. The zero-order valence-corrected chi connectivity index (χ0v) is 20.1. The Hall–Kier alpha value is -3.91. The van der Waals surface area contributed by atoms with Crippen LogP contribution in [0.4, 0.5) is 29.1 Å². The van der Waals surface area contributed by atoms with E-state index in [0.29, 0.717) is 16.9 Å². The average Bonchev–Trinajstić information content (AvgIpc) is 3.19. The number of amidine groups is 1. The molecule has 1 N–H and O–H groups in total. The highest BCUT2D eigenvalue weighted by molar-refractivity contribution is 7.72. The lowest BCUT2D eigenvalue weighted by atomic mass is 10.2. The number of nitrogens with zero attached hydrogens (tertiary/aromatic N) is 4. The summed E-state index contributed by atoms with van der Waals surface area (Å²) in [5.74, 6) is -0.0552. The second kappa shape index (κ2) is 8.64. The molecule has 0 saturated heterocycles. The number of aryl methyl sites for hydroxylation is 1. The van der Waals surface area contributed by atoms with E-state index in [2.05, 4.69) is 10.2 Å². The van der Waals surface area contributed by atoms with Gasteiger partial charge in [0.1, 0.15) is 17.0 Å². The Morgan fingerprint density at radius 3 is 2.22 bits per heavy atom. The molecule has 1 unspecified atom stereocenters. The van der Waals surface area contributed by atoms with Crippen LogP contribution in [-0.4, -0.2) is 27.3 Å². The molecule has 0 aliphatic carbocycles. The Balaban J connectivity index is 1.76. The number of aromatic nitrogens is 2. The van der Waals surface area contributed by atoms with Crippen LogP contribution in [0.2, 0.25) is 0 Å². The zero-order valence-electron chi connectivity index (χ0n) is 19.2. The van der Waals surface area contributed by atoms with Gasteiger partial charge in [-0.05, 0) is 55.5 Å². The second-order valence-electron chi connectivity index (χ2n) is 8.20. The molecule has 36 heavy (non-hydrogen) atoms. The predicted octanol–water partition coefficient (Wildman–Crippen LogP) is 6.29. The van der Waals surface area contributed by atoms with E-state index in [9.17, 15) is 22.1 Å². The summed E-state index contributed by atoms with van der Waals surface area (Å²) < 4.78 is 72.6. The number of nitrogens with one attached hydrogen (secondary N) is 1. The van der Waals surface area contributed by atoms with E-state index in [1.165, 1.54) is 58.9 Å². The molecule has 0 bridgehead atoms. The van der Waals surface area contributed by atoms with Crippen molar-refractivity contribution in [3.05, 3.63) is 102 Å². The fourth-order valence-electron chi connectivity index (χ4n) is 4.14. The largest absolute Gasteiger partial charge is 0.418 e. The number of hydrogen-bond acceptors (Lipinski definition) is 3. The molecule has 0 radical (unpaired) electrons. The Morgan fingerprint density at radius 2 is 1.56 bits per heavy atom. The van der Waals surface area contributed by atoms with Gasteiger partial charge in [-0.2, -0.15) is 18.3 Å². The third-order valence-corrected chi connectivity index (χ3v) is 8.56. The summed E-state index contributed by atoms with van der Waals surface area (Å²) in [6, 6.07) is 19.3. The molecule has 2 heterocycles. The molecule has 0 fully saturated rings. The number of fused-ring (bicyclic) bond motifs is 1. The van der Waals surface area contributed by atoms with Gasteiger partial charge in [0.25, 0.3) is 7.44 Å². The molecule has 1 atom stereocenters. The summed E-state index contributed by atoms with van der Waals surface area (Å²) in [5, 5.41) is 7.44. The van der Waals surface area contributed by atoms with Crippen molar-refractivity contribution in [2.45, 2.75) is 13.1 Å². The molecule has 11 heteroatoms. The topological polar surface area (TPSA) is 62.5 Å². The number of aliphatic imine (C=N–C) groups is 1. The molecular weight excluding hydrogens is 493 g/mol. The van der Waals surface area contributed by atoms with Gasteiger partial charge in [0, 0.05) is 12.6 Å². The van der Waals surface area contributed by atoms with Gasteiger partial charge in [0.2, 0.25) is 0 Å². The quantitative estimate of drug-likeness (QED) is 0.257. The van der Waals surface area contributed by atoms with Crippen molar-refractivity contribution in [1.29, 1.82) is 0 Å². The highest BCUT2D eigenvalue weighted by atomic mass is 31.2. The fourth-order valence-corrected chi connectivity index (χ4v) is 6.55. The van der Waals surface area contributed by atoms with Gasteiger partial charge in [-0.3, -0.25) is 9.24 Å². The second-order valence-corrected chi connectivity index (χ2v) is 10.6. The van der Waals surface area contributed by atoms with Gasteiger partial charge in [0.05, 0.1) is 22.6 Å². The third kappa shape index (κ3) is 3.97. The van der Waals surface area contributed by atoms with Crippen molar-refractivity contribution < 1.29 is 22.1 Å². The number of halogens is 4. The van der Waals surface area contributed by atoms with E-state index in [1.807, 2.05) is 6.07 Å². The summed E-state index contributed by atoms with van der Waals surface area (Å²) in [5.41, 5.74) is 0.139. The van der Waals surface area contributed by atoms with Crippen molar-refractivity contribution >= 4 is 30.1 Å². The highest BCUT2D eigenvalue weighted by Crippen LogP contribution is 2.55. The third-order valence-electron chi connectivity index (χ3n) is 5.86. The van der Waals surface area contributed by atoms with Crippen molar-refractivity contribution in [1.82, 2.24) is 14.5 Å². The summed E-state index contributed by atoms with van der Waals surface area (Å²) >= 11 is 0. The Labute approximate surface area is 204 Å². The predicted molar refractivity (Wildman–Crippen MR) is 131 cm³/mol. The number of rotatable bonds is 4. The lowest BCUT2D eigenvalue weighted by molar-refractivity contribution is -0.136. The van der Waals surface area contributed by atoms with Crippen molar-refractivity contribution in [3.63, 3.8) is 0 Å². The number of alkyl halides is 3. The lowest BCUT2D eigenvalue weighted by Crippen LogP contribution is -2.36. The highest BCUT2D eigenvalue weighted by Gasteiger charge is 2.45. The van der Waals surface area contributed by atoms with Crippen LogP contribution < -0.4 is 10.4 Å². The first-order valence-electron chi connectivity index (χ1n) is 10.9. The first-order valence-corrected chi connectivity index (χ1v) is 12.5. The van der Waals surface area contributed by atoms with Crippen LogP contribution in [0.5, 0.6) is 0 Å². The first-order chi connectivity index (χ1) is 17.1. The molecule has 1 aliphatic rings. The summed E-state index contributed by atoms with van der Waals surface area (Å²) in [6.45, 7) is 1.63. The molecule has 1 aliphatic heterocycles. The van der Waals surface area contributed by atoms with E-state index in [4.69, 9.17) is 4.99 Å². The van der Waals surface area contributed by atoms with Crippen LogP contribution >= 0.6 is 7.44 Å². The van der Waals surface area contributed by atoms with Gasteiger partial charge in [-0.25, -0.2) is 14.1 Å². The normalized spacial score (nSPS) is 17.5. The fraction of sp³-hybridized carbons (Fsp3) is 0.120. The minimum Gasteiger partial charge on any atom is -0.316 e. The molecule has 0 spiro atoms. The van der Waals surface area contributed by atoms with Crippen LogP contribution in [0.15, 0.2) is 83.9 Å². The Bertz CT molecular complexity index is 1510. The molecule has 184 valence electrons. The smallest absolute Gasteiger partial charge is 0.316 e. The van der Waals surface area contributed by atoms with Crippen LogP contribution in [0.1, 0.15) is 16.8 Å². The SMILES string of the molecule is Cc1nn(-c2ccccc2)c2c1P(=O)(Nc1ccccc1C(F)(F)F)N(C)C(c1ccc(F)cc1)=N2. The van der Waals surface area contributed by atoms with E-state index in [-0.39, 0.29) is 22.6 Å². The number of benzene rings is 3. The Kier molecular flexibility index (Phi) is 5.71. The molecule has 0 saturated carbocycles. The van der Waals surface area contributed by atoms with E-state index in [1.54, 1.807) is 31.2 Å².